The molecule has 0 spiro atoms. The maximum absolute atomic E-state index is 12.7. The zero-order chi connectivity index (χ0) is 24.5. The second-order valence-electron chi connectivity index (χ2n) is 10.5. The van der Waals surface area contributed by atoms with Crippen molar-refractivity contribution in [3.8, 4) is 0 Å². The molecule has 0 saturated heterocycles. The Morgan fingerprint density at radius 1 is 1.25 bits per heavy atom. The second kappa shape index (κ2) is 9.94. The number of nitrogens with zero attached hydrogens (tertiary/aromatic N) is 3. The van der Waals surface area contributed by atoms with Gasteiger partial charge in [-0.25, -0.2) is 9.48 Å². The Bertz CT molecular complexity index is 913. The van der Waals surface area contributed by atoms with Crippen molar-refractivity contribution in [2.24, 2.45) is 11.3 Å². The number of aromatic nitrogens is 2. The summed E-state index contributed by atoms with van der Waals surface area (Å²) in [5.41, 5.74) is -1.54. The van der Waals surface area contributed by atoms with Crippen LogP contribution in [0.15, 0.2) is 15.9 Å². The number of thioether (sulfide) groups is 1. The van der Waals surface area contributed by atoms with Crippen LogP contribution in [-0.2, 0) is 15.1 Å². The van der Waals surface area contributed by atoms with Gasteiger partial charge >= 0.3 is 6.09 Å². The molecular weight excluding hydrogens is 473 g/mol. The van der Waals surface area contributed by atoms with Crippen LogP contribution in [0.25, 0.3) is 0 Å². The number of carbonyl (C=O) groups is 2. The van der Waals surface area contributed by atoms with Gasteiger partial charge in [0, 0.05) is 24.5 Å². The highest BCUT2D eigenvalue weighted by molar-refractivity contribution is 7.99. The van der Waals surface area contributed by atoms with Crippen molar-refractivity contribution in [1.29, 1.82) is 0 Å². The average molecular weight is 506 g/mol. The Hall–Kier alpha value is -1.25. The van der Waals surface area contributed by atoms with Crippen LogP contribution in [-0.4, -0.2) is 37.6 Å². The smallest absolute Gasteiger partial charge is 0.432 e. The Balaban J connectivity index is 2.26. The van der Waals surface area contributed by atoms with Crippen LogP contribution < -0.4 is 5.56 Å². The number of halogens is 2. The lowest BCUT2D eigenvalue weighted by Crippen LogP contribution is -2.45. The topological polar surface area (TPSA) is 81.5 Å². The van der Waals surface area contributed by atoms with E-state index < -0.39 is 23.1 Å². The van der Waals surface area contributed by atoms with Gasteiger partial charge in [-0.15, -0.1) is 11.8 Å². The molecule has 0 aromatic carbocycles. The molecule has 0 aliphatic heterocycles. The van der Waals surface area contributed by atoms with Crippen LogP contribution in [0.3, 0.4) is 0 Å². The van der Waals surface area contributed by atoms with E-state index >= 15 is 0 Å². The maximum Gasteiger partial charge on any atom is 0.432 e. The fourth-order valence-electron chi connectivity index (χ4n) is 3.85. The predicted molar refractivity (Wildman–Crippen MR) is 128 cm³/mol. The molecule has 180 valence electrons. The molecular formula is C22H33Cl2N3O4S. The first kappa shape index (κ1) is 27.0. The summed E-state index contributed by atoms with van der Waals surface area (Å²) in [6.45, 7) is 13.4. The lowest BCUT2D eigenvalue weighted by Gasteiger charge is -2.43. The molecule has 1 aromatic heterocycles. The van der Waals surface area contributed by atoms with Crippen molar-refractivity contribution in [1.82, 2.24) is 14.2 Å². The quantitative estimate of drug-likeness (QED) is 0.376. The average Bonchev–Trinajstić information content (AvgIpc) is 2.67. The third-order valence-electron chi connectivity index (χ3n) is 5.88. The minimum absolute atomic E-state index is 0.0903. The van der Waals surface area contributed by atoms with Gasteiger partial charge in [0.15, 0.2) is 0 Å². The molecule has 1 saturated carbocycles. The van der Waals surface area contributed by atoms with Crippen LogP contribution in [0.4, 0.5) is 4.79 Å². The molecule has 1 heterocycles. The summed E-state index contributed by atoms with van der Waals surface area (Å²) in [7, 11) is 0. The summed E-state index contributed by atoms with van der Waals surface area (Å²) in [5.74, 6) is 0.250. The van der Waals surface area contributed by atoms with E-state index in [1.807, 2.05) is 20.8 Å². The van der Waals surface area contributed by atoms with Gasteiger partial charge in [-0.3, -0.25) is 9.59 Å². The third kappa shape index (κ3) is 6.41. The molecule has 32 heavy (non-hydrogen) atoms. The van der Waals surface area contributed by atoms with Crippen molar-refractivity contribution in [2.75, 3.05) is 5.75 Å². The highest BCUT2D eigenvalue weighted by atomic mass is 35.5. The minimum Gasteiger partial charge on any atom is -0.441 e. The Labute approximate surface area is 204 Å². The first-order valence-corrected chi connectivity index (χ1v) is 12.4. The minimum atomic E-state index is -0.888. The normalized spacial score (nSPS) is 21.8. The van der Waals surface area contributed by atoms with Gasteiger partial charge in [0.05, 0.1) is 16.6 Å². The number of hydrogen-bond donors (Lipinski definition) is 0. The second-order valence-corrected chi connectivity index (χ2v) is 12.2. The highest BCUT2D eigenvalue weighted by Gasteiger charge is 2.43. The summed E-state index contributed by atoms with van der Waals surface area (Å²) in [6, 6.07) is 0. The van der Waals surface area contributed by atoms with Crippen molar-refractivity contribution in [3.05, 3.63) is 21.6 Å². The van der Waals surface area contributed by atoms with E-state index in [-0.39, 0.29) is 16.0 Å². The molecule has 0 bridgehead atoms. The lowest BCUT2D eigenvalue weighted by atomic mass is 9.69. The van der Waals surface area contributed by atoms with Gasteiger partial charge in [0.1, 0.15) is 10.6 Å². The van der Waals surface area contributed by atoms with Gasteiger partial charge in [-0.05, 0) is 57.8 Å². The van der Waals surface area contributed by atoms with Crippen LogP contribution >= 0.6 is 35.1 Å². The molecule has 7 nitrogen and oxygen atoms in total. The molecule has 0 N–H and O–H groups in total. The van der Waals surface area contributed by atoms with Crippen molar-refractivity contribution in [3.63, 3.8) is 0 Å². The van der Waals surface area contributed by atoms with Gasteiger partial charge in [0.25, 0.3) is 5.56 Å². The van der Waals surface area contributed by atoms with Crippen molar-refractivity contribution < 1.29 is 14.3 Å². The molecule has 1 aliphatic rings. The maximum atomic E-state index is 12.7. The molecule has 2 rings (SSSR count). The summed E-state index contributed by atoms with van der Waals surface area (Å²) >= 11 is 13.5. The fourth-order valence-corrected chi connectivity index (χ4v) is 5.27. The highest BCUT2D eigenvalue weighted by Crippen LogP contribution is 2.45. The monoisotopic (exact) mass is 505 g/mol. The summed E-state index contributed by atoms with van der Waals surface area (Å²) in [5, 5.41) is 4.36. The number of amides is 2. The van der Waals surface area contributed by atoms with Crippen molar-refractivity contribution >= 4 is 47.1 Å². The Morgan fingerprint density at radius 2 is 1.81 bits per heavy atom. The standard InChI is InChI=1S/C22H33Cl2N3O4S/c1-14(28)26(24)19(30)31-22(10-8-15(9-11-22)20(2,3)4)13-32-16-12-25-27(21(5,6)7)18(29)17(16)23/h12,15H,8-11,13H2,1-7H3. The first-order chi connectivity index (χ1) is 14.6. The van der Waals surface area contributed by atoms with Crippen LogP contribution in [0.1, 0.15) is 74.1 Å². The van der Waals surface area contributed by atoms with E-state index in [4.69, 9.17) is 28.1 Å². The Morgan fingerprint density at radius 3 is 2.28 bits per heavy atom. The van der Waals surface area contributed by atoms with E-state index in [0.29, 0.717) is 33.8 Å². The number of ether oxygens (including phenoxy) is 1. The molecule has 2 amide bonds. The van der Waals surface area contributed by atoms with Crippen LogP contribution in [0.5, 0.6) is 0 Å². The van der Waals surface area contributed by atoms with Gasteiger partial charge < -0.3 is 4.74 Å². The van der Waals surface area contributed by atoms with Gasteiger partial charge in [0.2, 0.25) is 5.91 Å². The number of imide groups is 1. The Kier molecular flexibility index (Phi) is 8.38. The molecule has 0 atom stereocenters. The van der Waals surface area contributed by atoms with Crippen molar-refractivity contribution in [2.45, 2.75) is 90.2 Å². The molecule has 1 aromatic rings. The van der Waals surface area contributed by atoms with E-state index in [0.717, 1.165) is 12.8 Å². The molecule has 1 aliphatic carbocycles. The number of carbonyl (C=O) groups excluding carboxylic acids is 2. The zero-order valence-electron chi connectivity index (χ0n) is 19.8. The summed E-state index contributed by atoms with van der Waals surface area (Å²) in [6.07, 6.45) is 3.68. The fraction of sp³-hybridized carbons (Fsp3) is 0.727. The molecule has 0 unspecified atom stereocenters. The molecule has 1 fully saturated rings. The molecule has 10 heteroatoms. The van der Waals surface area contributed by atoms with Crippen LogP contribution in [0, 0.1) is 11.3 Å². The van der Waals surface area contributed by atoms with Gasteiger partial charge in [-0.2, -0.15) is 9.52 Å². The van der Waals surface area contributed by atoms with Crippen LogP contribution in [0.2, 0.25) is 5.02 Å². The van der Waals surface area contributed by atoms with E-state index in [1.165, 1.54) is 23.4 Å². The zero-order valence-corrected chi connectivity index (χ0v) is 22.2. The lowest BCUT2D eigenvalue weighted by molar-refractivity contribution is -0.124. The summed E-state index contributed by atoms with van der Waals surface area (Å²) < 4.78 is 7.61. The third-order valence-corrected chi connectivity index (χ3v) is 8.02. The van der Waals surface area contributed by atoms with E-state index in [2.05, 4.69) is 25.9 Å². The summed E-state index contributed by atoms with van der Waals surface area (Å²) in [4.78, 5) is 37.2. The molecule has 0 radical (unpaired) electrons. The first-order valence-electron chi connectivity index (χ1n) is 10.7. The van der Waals surface area contributed by atoms with E-state index in [9.17, 15) is 14.4 Å². The number of hydrogen-bond acceptors (Lipinski definition) is 6. The largest absolute Gasteiger partial charge is 0.441 e. The van der Waals surface area contributed by atoms with Gasteiger partial charge in [-0.1, -0.05) is 32.4 Å². The predicted octanol–water partition coefficient (Wildman–Crippen LogP) is 5.86. The number of rotatable bonds is 4. The SMILES string of the molecule is CC(=O)N(Cl)C(=O)OC1(CSc2cnn(C(C)(C)C)c(=O)c2Cl)CCC(C(C)(C)C)CC1. The van der Waals surface area contributed by atoms with E-state index in [1.54, 1.807) is 6.20 Å².